The zero-order valence-electron chi connectivity index (χ0n) is 15.5. The van der Waals surface area contributed by atoms with E-state index >= 15 is 0 Å². The lowest BCUT2D eigenvalue weighted by Crippen LogP contribution is -2.57. The maximum Gasteiger partial charge on any atom is 0.353 e. The number of benzene rings is 2. The van der Waals surface area contributed by atoms with Gasteiger partial charge in [0.15, 0.2) is 0 Å². The molecular formula is C22H19NO5S. The van der Waals surface area contributed by atoms with Crippen LogP contribution >= 0.6 is 11.8 Å². The van der Waals surface area contributed by atoms with Crippen molar-refractivity contribution in [3.05, 3.63) is 76.8 Å². The van der Waals surface area contributed by atoms with Crippen molar-refractivity contribution in [2.24, 2.45) is 5.92 Å². The average molecular weight is 409 g/mol. The molecule has 0 aromatic heterocycles. The Balaban J connectivity index is 1.42. The van der Waals surface area contributed by atoms with Gasteiger partial charge in [-0.2, -0.15) is 0 Å². The number of Topliss-reactive ketones (excluding diaryl/α,β-unsaturated/α-hetero) is 1. The fourth-order valence-corrected chi connectivity index (χ4v) is 4.96. The number of thioether (sulfide) groups is 1. The number of hydrogen-bond acceptors (Lipinski definition) is 5. The number of rotatable bonds is 8. The van der Waals surface area contributed by atoms with E-state index in [1.54, 1.807) is 12.1 Å². The van der Waals surface area contributed by atoms with Crippen LogP contribution in [0.5, 0.6) is 5.75 Å². The van der Waals surface area contributed by atoms with Crippen LogP contribution in [0.15, 0.2) is 71.3 Å². The monoisotopic (exact) mass is 409 g/mol. The minimum absolute atomic E-state index is 0.0272. The minimum atomic E-state index is -1.16. The van der Waals surface area contributed by atoms with E-state index in [4.69, 9.17) is 4.74 Å². The van der Waals surface area contributed by atoms with E-state index in [2.05, 4.69) is 0 Å². The SMILES string of the molecule is O=C(Cc1ccccc1)C[C@@H]1C(=O)N2C(C(=O)O)=C(COc3ccccc3)S[C@H]12. The quantitative estimate of drug-likeness (QED) is 0.675. The number of carboxylic acid groups (broad SMARTS) is 1. The van der Waals surface area contributed by atoms with Crippen LogP contribution in [0.1, 0.15) is 12.0 Å². The second-order valence-corrected chi connectivity index (χ2v) is 8.12. The topological polar surface area (TPSA) is 83.9 Å². The van der Waals surface area contributed by atoms with Gasteiger partial charge in [-0.1, -0.05) is 60.3 Å². The molecule has 0 radical (unpaired) electrons. The molecule has 1 fully saturated rings. The van der Waals surface area contributed by atoms with Gasteiger partial charge in [-0.25, -0.2) is 4.79 Å². The molecule has 1 N–H and O–H groups in total. The van der Waals surface area contributed by atoms with Gasteiger partial charge in [0.2, 0.25) is 5.91 Å². The Hall–Kier alpha value is -3.06. The molecule has 0 saturated carbocycles. The highest BCUT2D eigenvalue weighted by atomic mass is 32.2. The van der Waals surface area contributed by atoms with Crippen molar-refractivity contribution in [1.82, 2.24) is 4.90 Å². The van der Waals surface area contributed by atoms with Gasteiger partial charge in [-0.05, 0) is 17.7 Å². The van der Waals surface area contributed by atoms with E-state index in [9.17, 15) is 19.5 Å². The van der Waals surface area contributed by atoms with E-state index in [1.165, 1.54) is 16.7 Å². The highest BCUT2D eigenvalue weighted by molar-refractivity contribution is 8.04. The first-order valence-corrected chi connectivity index (χ1v) is 10.1. The number of hydrogen-bond donors (Lipinski definition) is 1. The number of ether oxygens (including phenoxy) is 1. The number of carbonyl (C=O) groups excluding carboxylic acids is 2. The number of para-hydroxylation sites is 1. The van der Waals surface area contributed by atoms with Crippen molar-refractivity contribution < 1.29 is 24.2 Å². The lowest BCUT2D eigenvalue weighted by molar-refractivity contribution is -0.153. The normalized spacial score (nSPS) is 20.3. The predicted molar refractivity (Wildman–Crippen MR) is 108 cm³/mol. The fourth-order valence-electron chi connectivity index (χ4n) is 3.55. The summed E-state index contributed by atoms with van der Waals surface area (Å²) < 4.78 is 5.68. The molecule has 148 valence electrons. The summed E-state index contributed by atoms with van der Waals surface area (Å²) in [6.07, 6.45) is 0.382. The summed E-state index contributed by atoms with van der Waals surface area (Å²) in [6, 6.07) is 18.5. The molecule has 1 saturated heterocycles. The molecule has 2 aliphatic heterocycles. The zero-order chi connectivity index (χ0) is 20.4. The summed E-state index contributed by atoms with van der Waals surface area (Å²) >= 11 is 1.30. The first-order chi connectivity index (χ1) is 14.0. The Morgan fingerprint density at radius 1 is 1.03 bits per heavy atom. The van der Waals surface area contributed by atoms with E-state index < -0.39 is 11.9 Å². The number of amides is 1. The van der Waals surface area contributed by atoms with Gasteiger partial charge >= 0.3 is 5.97 Å². The molecule has 2 heterocycles. The van der Waals surface area contributed by atoms with E-state index in [1.807, 2.05) is 48.5 Å². The van der Waals surface area contributed by atoms with Gasteiger partial charge in [0.05, 0.1) is 16.2 Å². The second kappa shape index (κ2) is 8.13. The molecule has 4 rings (SSSR count). The Morgan fingerprint density at radius 3 is 2.34 bits per heavy atom. The highest BCUT2D eigenvalue weighted by Gasteiger charge is 2.56. The number of aliphatic carboxylic acids is 1. The Kier molecular flexibility index (Phi) is 5.40. The average Bonchev–Trinajstić information content (AvgIpc) is 3.08. The van der Waals surface area contributed by atoms with Gasteiger partial charge in [0, 0.05) is 12.8 Å². The Bertz CT molecular complexity index is 973. The van der Waals surface area contributed by atoms with Gasteiger partial charge < -0.3 is 9.84 Å². The third-order valence-corrected chi connectivity index (χ3v) is 6.31. The van der Waals surface area contributed by atoms with Crippen LogP contribution in [-0.4, -0.2) is 39.6 Å². The van der Waals surface area contributed by atoms with Crippen LogP contribution in [0.2, 0.25) is 0 Å². The molecule has 1 amide bonds. The lowest BCUT2D eigenvalue weighted by atomic mass is 9.90. The van der Waals surface area contributed by atoms with Crippen molar-refractivity contribution in [3.8, 4) is 5.75 Å². The number of ketones is 1. The largest absolute Gasteiger partial charge is 0.488 e. The maximum atomic E-state index is 12.6. The van der Waals surface area contributed by atoms with Gasteiger partial charge in [-0.15, -0.1) is 0 Å². The maximum absolute atomic E-state index is 12.6. The van der Waals surface area contributed by atoms with Gasteiger partial charge in [0.25, 0.3) is 0 Å². The Morgan fingerprint density at radius 2 is 1.69 bits per heavy atom. The summed E-state index contributed by atoms with van der Waals surface area (Å²) in [7, 11) is 0. The molecule has 2 aromatic carbocycles. The minimum Gasteiger partial charge on any atom is -0.488 e. The van der Waals surface area contributed by atoms with Crippen LogP contribution in [0, 0.1) is 5.92 Å². The lowest BCUT2D eigenvalue weighted by Gasteiger charge is -2.42. The smallest absolute Gasteiger partial charge is 0.353 e. The van der Waals surface area contributed by atoms with Crippen LogP contribution in [-0.2, 0) is 20.8 Å². The molecule has 0 spiro atoms. The van der Waals surface area contributed by atoms with Crippen molar-refractivity contribution in [2.45, 2.75) is 18.2 Å². The summed E-state index contributed by atoms with van der Waals surface area (Å²) in [5.74, 6) is -1.37. The van der Waals surface area contributed by atoms with E-state index in [-0.39, 0.29) is 42.2 Å². The second-order valence-electron chi connectivity index (χ2n) is 6.91. The zero-order valence-corrected chi connectivity index (χ0v) is 16.3. The van der Waals surface area contributed by atoms with Gasteiger partial charge in [-0.3, -0.25) is 14.5 Å². The molecule has 6 nitrogen and oxygen atoms in total. The van der Waals surface area contributed by atoms with Crippen molar-refractivity contribution >= 4 is 29.4 Å². The first-order valence-electron chi connectivity index (χ1n) is 9.24. The molecule has 0 aliphatic carbocycles. The predicted octanol–water partition coefficient (Wildman–Crippen LogP) is 3.09. The van der Waals surface area contributed by atoms with Crippen LogP contribution in [0.4, 0.5) is 0 Å². The summed E-state index contributed by atoms with van der Waals surface area (Å²) in [4.78, 5) is 38.5. The molecule has 2 aromatic rings. The number of carboxylic acids is 1. The molecule has 0 bridgehead atoms. The standard InChI is InChI=1S/C22H19NO5S/c24-15(11-14-7-3-1-4-8-14)12-17-20(25)23-19(22(26)27)18(29-21(17)23)13-28-16-9-5-2-6-10-16/h1-10,17,21H,11-13H2,(H,26,27)/t17-,21-/m1/s1. The summed E-state index contributed by atoms with van der Waals surface area (Å²) in [5, 5.41) is 9.24. The molecule has 0 unspecified atom stereocenters. The van der Waals surface area contributed by atoms with E-state index in [0.29, 0.717) is 10.7 Å². The fraction of sp³-hybridized carbons (Fsp3) is 0.227. The van der Waals surface area contributed by atoms with Crippen molar-refractivity contribution in [3.63, 3.8) is 0 Å². The highest BCUT2D eigenvalue weighted by Crippen LogP contribution is 2.50. The van der Waals surface area contributed by atoms with Gasteiger partial charge in [0.1, 0.15) is 23.8 Å². The number of β-lactam (4-membered cyclic amide) rings is 1. The number of nitrogens with zero attached hydrogens (tertiary/aromatic N) is 1. The van der Waals surface area contributed by atoms with Crippen LogP contribution in [0.25, 0.3) is 0 Å². The first kappa shape index (κ1) is 19.3. The third kappa shape index (κ3) is 3.91. The van der Waals surface area contributed by atoms with Crippen molar-refractivity contribution in [2.75, 3.05) is 6.61 Å². The number of fused-ring (bicyclic) bond motifs is 1. The third-order valence-electron chi connectivity index (χ3n) is 4.93. The van der Waals surface area contributed by atoms with Crippen molar-refractivity contribution in [1.29, 1.82) is 0 Å². The molecular weight excluding hydrogens is 390 g/mol. The molecule has 29 heavy (non-hydrogen) atoms. The summed E-state index contributed by atoms with van der Waals surface area (Å²) in [6.45, 7) is 0.0707. The molecule has 7 heteroatoms. The van der Waals surface area contributed by atoms with Crippen LogP contribution < -0.4 is 4.74 Å². The molecule has 2 atom stereocenters. The van der Waals surface area contributed by atoms with Crippen LogP contribution in [0.3, 0.4) is 0 Å². The molecule has 2 aliphatic rings. The summed E-state index contributed by atoms with van der Waals surface area (Å²) in [5.41, 5.74) is 0.870. The number of carbonyl (C=O) groups is 3. The Labute approximate surface area is 172 Å². The van der Waals surface area contributed by atoms with E-state index in [0.717, 1.165) is 5.56 Å².